The Morgan fingerprint density at radius 3 is 2.94 bits per heavy atom. The number of likely N-dealkylation sites (N-methyl/N-ethyl adjacent to an activating group) is 1. The van der Waals surface area contributed by atoms with Gasteiger partial charge >= 0.3 is 0 Å². The second kappa shape index (κ2) is 4.74. The Labute approximate surface area is 96.6 Å². The Balaban J connectivity index is 2.33. The van der Waals surface area contributed by atoms with E-state index in [0.717, 1.165) is 25.1 Å². The number of aliphatic hydroxyl groups excluding tert-OH is 1. The van der Waals surface area contributed by atoms with Crippen molar-refractivity contribution >= 4 is 5.69 Å². The average Bonchev–Trinajstić information content (AvgIpc) is 2.66. The minimum Gasteiger partial charge on any atom is -0.496 e. The first-order valence-corrected chi connectivity index (χ1v) is 5.85. The van der Waals surface area contributed by atoms with Gasteiger partial charge in [-0.15, -0.1) is 0 Å². The summed E-state index contributed by atoms with van der Waals surface area (Å²) in [5.74, 6) is 0.969. The van der Waals surface area contributed by atoms with E-state index in [1.54, 1.807) is 7.11 Å². The highest BCUT2D eigenvalue weighted by Crippen LogP contribution is 2.38. The predicted octanol–water partition coefficient (Wildman–Crippen LogP) is 1.83. The number of methoxy groups -OCH3 is 1. The molecule has 1 atom stereocenters. The van der Waals surface area contributed by atoms with Gasteiger partial charge in [-0.1, -0.05) is 6.07 Å². The van der Waals surface area contributed by atoms with Gasteiger partial charge in [0.25, 0.3) is 0 Å². The van der Waals surface area contributed by atoms with Gasteiger partial charge in [0.05, 0.1) is 7.11 Å². The minimum atomic E-state index is 0.247. The van der Waals surface area contributed by atoms with E-state index in [1.165, 1.54) is 11.3 Å². The first-order valence-electron chi connectivity index (χ1n) is 5.85. The zero-order valence-corrected chi connectivity index (χ0v) is 9.94. The monoisotopic (exact) mass is 221 g/mol. The number of ether oxygens (including phenoxy) is 1. The molecule has 1 aliphatic heterocycles. The smallest absolute Gasteiger partial charge is 0.124 e. The van der Waals surface area contributed by atoms with Gasteiger partial charge in [-0.05, 0) is 31.9 Å². The van der Waals surface area contributed by atoms with Gasteiger partial charge in [0.15, 0.2) is 0 Å². The summed E-state index contributed by atoms with van der Waals surface area (Å²) in [5.41, 5.74) is 2.55. The minimum absolute atomic E-state index is 0.247. The van der Waals surface area contributed by atoms with Crippen molar-refractivity contribution < 1.29 is 9.84 Å². The number of aliphatic hydroxyl groups is 1. The first kappa shape index (κ1) is 11.3. The van der Waals surface area contributed by atoms with Crippen LogP contribution in [-0.4, -0.2) is 31.4 Å². The normalized spacial score (nSPS) is 18.7. The molecule has 1 heterocycles. The summed E-state index contributed by atoms with van der Waals surface area (Å²) in [6, 6.07) is 6.59. The fourth-order valence-electron chi connectivity index (χ4n) is 2.60. The van der Waals surface area contributed by atoms with Gasteiger partial charge in [-0.3, -0.25) is 0 Å². The van der Waals surface area contributed by atoms with Crippen LogP contribution in [0, 0.1) is 0 Å². The maximum Gasteiger partial charge on any atom is 0.124 e. The highest BCUT2D eigenvalue weighted by atomic mass is 16.5. The van der Waals surface area contributed by atoms with E-state index < -0.39 is 0 Å². The van der Waals surface area contributed by atoms with Gasteiger partial charge in [-0.25, -0.2) is 0 Å². The summed E-state index contributed by atoms with van der Waals surface area (Å²) in [6.07, 6.45) is 1.80. The Hall–Kier alpha value is -1.22. The van der Waals surface area contributed by atoms with Gasteiger partial charge in [0.1, 0.15) is 5.75 Å². The molecule has 1 unspecified atom stereocenters. The Kier molecular flexibility index (Phi) is 3.34. The zero-order chi connectivity index (χ0) is 11.5. The number of fused-ring (bicyclic) bond motifs is 1. The van der Waals surface area contributed by atoms with Crippen LogP contribution in [0.5, 0.6) is 5.75 Å². The summed E-state index contributed by atoms with van der Waals surface area (Å²) in [7, 11) is 1.71. The van der Waals surface area contributed by atoms with E-state index >= 15 is 0 Å². The third kappa shape index (κ3) is 1.76. The van der Waals surface area contributed by atoms with Crippen molar-refractivity contribution in [1.29, 1.82) is 0 Å². The largest absolute Gasteiger partial charge is 0.496 e. The molecule has 0 saturated heterocycles. The summed E-state index contributed by atoms with van der Waals surface area (Å²) in [4.78, 5) is 2.36. The molecule has 3 nitrogen and oxygen atoms in total. The standard InChI is InChI=1S/C13H19NO2/c1-3-14-10(7-8-15)9-11-12(14)5-4-6-13(11)16-2/h4-6,10,15H,3,7-9H2,1-2H3. The molecular weight excluding hydrogens is 202 g/mol. The Morgan fingerprint density at radius 1 is 1.50 bits per heavy atom. The number of hydrogen-bond acceptors (Lipinski definition) is 3. The number of hydrogen-bond donors (Lipinski definition) is 1. The molecule has 3 heteroatoms. The van der Waals surface area contributed by atoms with Crippen LogP contribution in [0.2, 0.25) is 0 Å². The van der Waals surface area contributed by atoms with Crippen molar-refractivity contribution in [2.24, 2.45) is 0 Å². The van der Waals surface area contributed by atoms with Gasteiger partial charge in [0.2, 0.25) is 0 Å². The molecule has 2 rings (SSSR count). The fraction of sp³-hybridized carbons (Fsp3) is 0.538. The summed E-state index contributed by atoms with van der Waals surface area (Å²) in [6.45, 7) is 3.38. The molecule has 0 spiro atoms. The van der Waals surface area contributed by atoms with Crippen LogP contribution in [0.3, 0.4) is 0 Å². The van der Waals surface area contributed by atoms with Crippen molar-refractivity contribution in [3.8, 4) is 5.75 Å². The molecule has 0 amide bonds. The number of rotatable bonds is 4. The maximum atomic E-state index is 9.09. The molecule has 0 fully saturated rings. The molecule has 1 aliphatic rings. The van der Waals surface area contributed by atoms with Crippen LogP contribution < -0.4 is 9.64 Å². The third-order valence-corrected chi connectivity index (χ3v) is 3.32. The lowest BCUT2D eigenvalue weighted by molar-refractivity contribution is 0.274. The van der Waals surface area contributed by atoms with Crippen LogP contribution in [-0.2, 0) is 6.42 Å². The predicted molar refractivity (Wildman–Crippen MR) is 65.2 cm³/mol. The second-order valence-electron chi connectivity index (χ2n) is 4.11. The van der Waals surface area contributed by atoms with Gasteiger partial charge in [-0.2, -0.15) is 0 Å². The lowest BCUT2D eigenvalue weighted by Crippen LogP contribution is -2.32. The Morgan fingerprint density at radius 2 is 2.31 bits per heavy atom. The van der Waals surface area contributed by atoms with Crippen molar-refractivity contribution in [3.05, 3.63) is 23.8 Å². The highest BCUT2D eigenvalue weighted by molar-refractivity contribution is 5.64. The van der Waals surface area contributed by atoms with Crippen molar-refractivity contribution in [3.63, 3.8) is 0 Å². The van der Waals surface area contributed by atoms with Crippen molar-refractivity contribution in [1.82, 2.24) is 0 Å². The van der Waals surface area contributed by atoms with Crippen LogP contribution >= 0.6 is 0 Å². The molecular formula is C13H19NO2. The molecule has 0 bridgehead atoms. The van der Waals surface area contributed by atoms with E-state index in [1.807, 2.05) is 12.1 Å². The molecule has 0 radical (unpaired) electrons. The molecule has 88 valence electrons. The molecule has 16 heavy (non-hydrogen) atoms. The van der Waals surface area contributed by atoms with Crippen LogP contribution in [0.1, 0.15) is 18.9 Å². The summed E-state index contributed by atoms with van der Waals surface area (Å²) >= 11 is 0. The van der Waals surface area contributed by atoms with E-state index in [2.05, 4.69) is 17.9 Å². The zero-order valence-electron chi connectivity index (χ0n) is 9.94. The Bertz CT molecular complexity index is 365. The number of benzene rings is 1. The van der Waals surface area contributed by atoms with Crippen LogP contribution in [0.15, 0.2) is 18.2 Å². The lowest BCUT2D eigenvalue weighted by atomic mass is 10.1. The van der Waals surface area contributed by atoms with E-state index in [9.17, 15) is 0 Å². The van der Waals surface area contributed by atoms with E-state index in [-0.39, 0.29) is 6.61 Å². The molecule has 0 saturated carbocycles. The maximum absolute atomic E-state index is 9.09. The third-order valence-electron chi connectivity index (χ3n) is 3.32. The quantitative estimate of drug-likeness (QED) is 0.842. The molecule has 0 aliphatic carbocycles. The van der Waals surface area contributed by atoms with Crippen LogP contribution in [0.25, 0.3) is 0 Å². The van der Waals surface area contributed by atoms with Gasteiger partial charge in [0, 0.05) is 30.4 Å². The van der Waals surface area contributed by atoms with Crippen LogP contribution in [0.4, 0.5) is 5.69 Å². The highest BCUT2D eigenvalue weighted by Gasteiger charge is 2.29. The summed E-state index contributed by atoms with van der Waals surface area (Å²) < 4.78 is 5.39. The van der Waals surface area contributed by atoms with Crippen molar-refractivity contribution in [2.75, 3.05) is 25.2 Å². The fourth-order valence-corrected chi connectivity index (χ4v) is 2.60. The van der Waals surface area contributed by atoms with E-state index in [0.29, 0.717) is 6.04 Å². The molecule has 0 aromatic heterocycles. The molecule has 1 N–H and O–H groups in total. The van der Waals surface area contributed by atoms with E-state index in [4.69, 9.17) is 9.84 Å². The molecule has 1 aromatic carbocycles. The first-order chi connectivity index (χ1) is 7.81. The topological polar surface area (TPSA) is 32.7 Å². The lowest BCUT2D eigenvalue weighted by Gasteiger charge is -2.25. The van der Waals surface area contributed by atoms with Crippen molar-refractivity contribution in [2.45, 2.75) is 25.8 Å². The number of anilines is 1. The number of nitrogens with zero attached hydrogens (tertiary/aromatic N) is 1. The second-order valence-corrected chi connectivity index (χ2v) is 4.11. The summed E-state index contributed by atoms with van der Waals surface area (Å²) in [5, 5.41) is 9.09. The van der Waals surface area contributed by atoms with Gasteiger partial charge < -0.3 is 14.7 Å². The SMILES string of the molecule is CCN1c2cccc(OC)c2CC1CCO. The molecule has 1 aromatic rings. The average molecular weight is 221 g/mol.